The molecule has 35 heavy (non-hydrogen) atoms. The smallest absolute Gasteiger partial charge is 0.416 e. The Bertz CT molecular complexity index is 1250. The monoisotopic (exact) mass is 485 g/mol. The summed E-state index contributed by atoms with van der Waals surface area (Å²) in [5.41, 5.74) is 1.92. The number of rotatable bonds is 6. The molecule has 5 rings (SSSR count). The lowest BCUT2D eigenvalue weighted by molar-refractivity contribution is -0.162. The average molecular weight is 486 g/mol. The van der Waals surface area contributed by atoms with Crippen LogP contribution in [0.25, 0.3) is 10.9 Å². The van der Waals surface area contributed by atoms with Gasteiger partial charge in [0.25, 0.3) is 5.91 Å². The van der Waals surface area contributed by atoms with Crippen LogP contribution in [0.15, 0.2) is 42.5 Å². The number of fused-ring (bicyclic) bond motifs is 1. The molecule has 0 saturated heterocycles. The number of aromatic nitrogens is 2. The molecule has 6 nitrogen and oxygen atoms in total. The van der Waals surface area contributed by atoms with Crippen LogP contribution in [0, 0.1) is 11.3 Å². The number of halogens is 3. The van der Waals surface area contributed by atoms with Crippen molar-refractivity contribution < 1.29 is 27.5 Å². The first kappa shape index (κ1) is 23.4. The maximum atomic E-state index is 13.1. The predicted molar refractivity (Wildman–Crippen MR) is 123 cm³/mol. The van der Waals surface area contributed by atoms with Crippen LogP contribution >= 0.6 is 0 Å². The lowest BCUT2D eigenvalue weighted by Crippen LogP contribution is -2.57. The van der Waals surface area contributed by atoms with Gasteiger partial charge in [0.15, 0.2) is 5.69 Å². The third-order valence-corrected chi connectivity index (χ3v) is 7.24. The van der Waals surface area contributed by atoms with Crippen LogP contribution < -0.4 is 5.32 Å². The van der Waals surface area contributed by atoms with E-state index in [2.05, 4.69) is 15.5 Å². The standard InChI is InChI=1S/C26H26F3N3O3/c1-2-35-24(34)17-11-25(12-17)13-19(14-25)30-23(33)22-21-16(4-3-5-20(21)31-32-22)10-15-6-8-18(9-7-15)26(27,28)29/h3-9,17,19H,2,10-14H2,1H3,(H,30,33)(H,31,32). The van der Waals surface area contributed by atoms with E-state index in [9.17, 15) is 22.8 Å². The molecular formula is C26H26F3N3O3. The molecule has 2 aliphatic rings. The number of carbonyl (C=O) groups is 2. The van der Waals surface area contributed by atoms with Crippen molar-refractivity contribution in [3.63, 3.8) is 0 Å². The number of esters is 1. The third-order valence-electron chi connectivity index (χ3n) is 7.24. The van der Waals surface area contributed by atoms with Crippen LogP contribution in [-0.4, -0.2) is 34.7 Å². The van der Waals surface area contributed by atoms with Gasteiger partial charge in [-0.2, -0.15) is 18.3 Å². The van der Waals surface area contributed by atoms with Gasteiger partial charge in [-0.05, 0) is 73.8 Å². The molecule has 1 amide bonds. The van der Waals surface area contributed by atoms with Gasteiger partial charge in [-0.15, -0.1) is 0 Å². The van der Waals surface area contributed by atoms with Gasteiger partial charge < -0.3 is 10.1 Å². The lowest BCUT2D eigenvalue weighted by atomic mass is 9.50. The minimum Gasteiger partial charge on any atom is -0.466 e. The van der Waals surface area contributed by atoms with Crippen molar-refractivity contribution in [2.75, 3.05) is 6.61 Å². The summed E-state index contributed by atoms with van der Waals surface area (Å²) in [7, 11) is 0. The number of nitrogens with one attached hydrogen (secondary N) is 2. The maximum absolute atomic E-state index is 13.1. The Hall–Kier alpha value is -3.36. The summed E-state index contributed by atoms with van der Waals surface area (Å²) >= 11 is 0. The molecule has 2 saturated carbocycles. The fraction of sp³-hybridized carbons (Fsp3) is 0.423. The Morgan fingerprint density at radius 3 is 2.49 bits per heavy atom. The number of nitrogens with zero attached hydrogens (tertiary/aromatic N) is 1. The molecule has 1 spiro atoms. The van der Waals surface area contributed by atoms with Crippen LogP contribution in [0.5, 0.6) is 0 Å². The maximum Gasteiger partial charge on any atom is 0.416 e. The van der Waals surface area contributed by atoms with Crippen molar-refractivity contribution in [3.05, 3.63) is 64.8 Å². The molecule has 2 N–H and O–H groups in total. The molecule has 1 heterocycles. The number of ether oxygens (including phenoxy) is 1. The van der Waals surface area contributed by atoms with Crippen molar-refractivity contribution in [2.24, 2.45) is 11.3 Å². The predicted octanol–water partition coefficient (Wildman–Crippen LogP) is 5.02. The first-order chi connectivity index (χ1) is 16.7. The number of alkyl halides is 3. The van der Waals surface area contributed by atoms with Crippen molar-refractivity contribution in [1.29, 1.82) is 0 Å². The summed E-state index contributed by atoms with van der Waals surface area (Å²) < 4.78 is 43.7. The number of hydrogen-bond acceptors (Lipinski definition) is 4. The summed E-state index contributed by atoms with van der Waals surface area (Å²) in [5, 5.41) is 10.9. The lowest BCUT2D eigenvalue weighted by Gasteiger charge is -2.56. The van der Waals surface area contributed by atoms with Crippen molar-refractivity contribution >= 4 is 22.8 Å². The van der Waals surface area contributed by atoms with E-state index in [0.29, 0.717) is 29.5 Å². The SMILES string of the molecule is CCOC(=O)C1CC2(CC(NC(=O)c3n[nH]c4cccc(Cc5ccc(C(F)(F)F)cc5)c34)C2)C1. The molecule has 9 heteroatoms. The van der Waals surface area contributed by atoms with Gasteiger partial charge in [-0.1, -0.05) is 24.3 Å². The molecule has 0 aliphatic heterocycles. The Morgan fingerprint density at radius 2 is 1.83 bits per heavy atom. The van der Waals surface area contributed by atoms with Crippen LogP contribution in [-0.2, 0) is 22.1 Å². The van der Waals surface area contributed by atoms with E-state index in [1.54, 1.807) is 6.92 Å². The zero-order chi connectivity index (χ0) is 24.8. The molecule has 2 aromatic carbocycles. The normalized spacial score (nSPS) is 23.5. The molecule has 3 aromatic rings. The van der Waals surface area contributed by atoms with E-state index in [1.165, 1.54) is 12.1 Å². The topological polar surface area (TPSA) is 84.1 Å². The number of H-pyrrole nitrogens is 1. The summed E-state index contributed by atoms with van der Waals surface area (Å²) in [5.74, 6) is -0.443. The zero-order valence-electron chi connectivity index (χ0n) is 19.2. The Balaban J connectivity index is 1.25. The fourth-order valence-electron chi connectivity index (χ4n) is 5.58. The molecule has 0 radical (unpaired) electrons. The minimum absolute atomic E-state index is 0.0273. The van der Waals surface area contributed by atoms with Gasteiger partial charge in [0, 0.05) is 11.4 Å². The Morgan fingerprint density at radius 1 is 1.11 bits per heavy atom. The summed E-state index contributed by atoms with van der Waals surface area (Å²) in [6.45, 7) is 2.19. The number of hydrogen-bond donors (Lipinski definition) is 2. The van der Waals surface area contributed by atoms with Crippen LogP contribution in [0.3, 0.4) is 0 Å². The molecule has 0 bridgehead atoms. The highest BCUT2D eigenvalue weighted by molar-refractivity contribution is 6.06. The van der Waals surface area contributed by atoms with Gasteiger partial charge in [-0.3, -0.25) is 14.7 Å². The molecule has 184 valence electrons. The average Bonchev–Trinajstić information content (AvgIpc) is 3.19. The molecule has 0 unspecified atom stereocenters. The number of carbonyl (C=O) groups excluding carboxylic acids is 2. The van der Waals surface area contributed by atoms with E-state index in [4.69, 9.17) is 4.74 Å². The summed E-state index contributed by atoms with van der Waals surface area (Å²) in [6, 6.07) is 10.6. The fourth-order valence-corrected chi connectivity index (χ4v) is 5.58. The first-order valence-electron chi connectivity index (χ1n) is 11.8. The minimum atomic E-state index is -4.38. The third kappa shape index (κ3) is 4.51. The van der Waals surface area contributed by atoms with E-state index >= 15 is 0 Å². The van der Waals surface area contributed by atoms with Crippen molar-refractivity contribution in [2.45, 2.75) is 51.2 Å². The highest BCUT2D eigenvalue weighted by Crippen LogP contribution is 2.59. The second-order valence-corrected chi connectivity index (χ2v) is 9.72. The van der Waals surface area contributed by atoms with Crippen LogP contribution in [0.4, 0.5) is 13.2 Å². The van der Waals surface area contributed by atoms with E-state index < -0.39 is 11.7 Å². The van der Waals surface area contributed by atoms with Gasteiger partial charge in [0.05, 0.1) is 23.6 Å². The van der Waals surface area contributed by atoms with Crippen LogP contribution in [0.2, 0.25) is 0 Å². The molecule has 0 atom stereocenters. The first-order valence-corrected chi connectivity index (χ1v) is 11.8. The Labute approximate surface area is 200 Å². The summed E-state index contributed by atoms with van der Waals surface area (Å²) in [4.78, 5) is 24.9. The van der Waals surface area contributed by atoms with Gasteiger partial charge >= 0.3 is 12.1 Å². The van der Waals surface area contributed by atoms with Crippen LogP contribution in [0.1, 0.15) is 59.8 Å². The second-order valence-electron chi connectivity index (χ2n) is 9.72. The Kier molecular flexibility index (Phi) is 5.81. The highest BCUT2D eigenvalue weighted by Gasteiger charge is 2.55. The molecule has 2 fully saturated rings. The largest absolute Gasteiger partial charge is 0.466 e. The zero-order valence-corrected chi connectivity index (χ0v) is 19.2. The van der Waals surface area contributed by atoms with Crippen molar-refractivity contribution in [1.82, 2.24) is 15.5 Å². The molecule has 2 aliphatic carbocycles. The van der Waals surface area contributed by atoms with Gasteiger partial charge in [-0.25, -0.2) is 0 Å². The number of aromatic amines is 1. The van der Waals surface area contributed by atoms with Crippen molar-refractivity contribution in [3.8, 4) is 0 Å². The molecule has 1 aromatic heterocycles. The van der Waals surface area contributed by atoms with E-state index in [0.717, 1.165) is 43.4 Å². The van der Waals surface area contributed by atoms with Gasteiger partial charge in [0.1, 0.15) is 0 Å². The van der Waals surface area contributed by atoms with Gasteiger partial charge in [0.2, 0.25) is 0 Å². The second kappa shape index (κ2) is 8.70. The molecular weight excluding hydrogens is 459 g/mol. The van der Waals surface area contributed by atoms with E-state index in [-0.39, 0.29) is 34.9 Å². The highest BCUT2D eigenvalue weighted by atomic mass is 19.4. The number of benzene rings is 2. The quantitative estimate of drug-likeness (QED) is 0.480. The number of amides is 1. The van der Waals surface area contributed by atoms with E-state index in [1.807, 2.05) is 18.2 Å². The summed E-state index contributed by atoms with van der Waals surface area (Å²) in [6.07, 6.45) is -0.739.